The van der Waals surface area contributed by atoms with E-state index in [-0.39, 0.29) is 5.91 Å². The van der Waals surface area contributed by atoms with Crippen molar-refractivity contribution in [3.05, 3.63) is 64.5 Å². The SMILES string of the molecule is NCc1ccccc1CNC(=O)c1ccc2c(n1)CCC2. The maximum atomic E-state index is 12.2. The van der Waals surface area contributed by atoms with E-state index in [4.69, 9.17) is 5.73 Å². The fraction of sp³-hybridized carbons (Fsp3) is 0.294. The molecule has 1 aliphatic rings. The Hall–Kier alpha value is -2.20. The number of carbonyl (C=O) groups excluding carboxylic acids is 1. The third kappa shape index (κ3) is 2.95. The van der Waals surface area contributed by atoms with Gasteiger partial charge in [0.1, 0.15) is 5.69 Å². The zero-order valence-corrected chi connectivity index (χ0v) is 11.9. The molecule has 3 rings (SSSR count). The lowest BCUT2D eigenvalue weighted by atomic mass is 10.1. The molecule has 0 unspecified atom stereocenters. The zero-order chi connectivity index (χ0) is 14.7. The van der Waals surface area contributed by atoms with Crippen molar-refractivity contribution >= 4 is 5.91 Å². The van der Waals surface area contributed by atoms with E-state index < -0.39 is 0 Å². The first-order valence-corrected chi connectivity index (χ1v) is 7.32. The van der Waals surface area contributed by atoms with Gasteiger partial charge in [0.15, 0.2) is 0 Å². The second kappa shape index (κ2) is 6.06. The second-order valence-electron chi connectivity index (χ2n) is 5.31. The summed E-state index contributed by atoms with van der Waals surface area (Å²) < 4.78 is 0. The van der Waals surface area contributed by atoms with Crippen molar-refractivity contribution in [1.82, 2.24) is 10.3 Å². The Kier molecular flexibility index (Phi) is 3.97. The van der Waals surface area contributed by atoms with Gasteiger partial charge in [0.05, 0.1) is 0 Å². The van der Waals surface area contributed by atoms with E-state index in [1.54, 1.807) is 0 Å². The summed E-state index contributed by atoms with van der Waals surface area (Å²) >= 11 is 0. The average molecular weight is 281 g/mol. The fourth-order valence-electron chi connectivity index (χ4n) is 2.74. The lowest BCUT2D eigenvalue weighted by Gasteiger charge is -2.09. The molecule has 0 spiro atoms. The minimum Gasteiger partial charge on any atom is -0.347 e. The number of amides is 1. The van der Waals surface area contributed by atoms with Gasteiger partial charge in [0, 0.05) is 18.8 Å². The first-order chi connectivity index (χ1) is 10.3. The van der Waals surface area contributed by atoms with Crippen LogP contribution in [0.15, 0.2) is 36.4 Å². The quantitative estimate of drug-likeness (QED) is 0.900. The standard InChI is InChI=1S/C17H19N3O/c18-10-13-4-1-2-5-14(13)11-19-17(21)16-9-8-12-6-3-7-15(12)20-16/h1-2,4-5,8-9H,3,6-7,10-11,18H2,(H,19,21). The number of pyridine rings is 1. The average Bonchev–Trinajstić information content (AvgIpc) is 3.00. The van der Waals surface area contributed by atoms with Gasteiger partial charge >= 0.3 is 0 Å². The molecule has 0 radical (unpaired) electrons. The van der Waals surface area contributed by atoms with Gasteiger partial charge in [-0.05, 0) is 42.0 Å². The summed E-state index contributed by atoms with van der Waals surface area (Å²) in [6.45, 7) is 0.952. The predicted octanol–water partition coefficient (Wildman–Crippen LogP) is 1.96. The third-order valence-corrected chi connectivity index (χ3v) is 3.94. The maximum Gasteiger partial charge on any atom is 0.270 e. The van der Waals surface area contributed by atoms with Crippen LogP contribution in [0.2, 0.25) is 0 Å². The van der Waals surface area contributed by atoms with Gasteiger partial charge in [0.25, 0.3) is 5.91 Å². The number of hydrogen-bond donors (Lipinski definition) is 2. The molecule has 4 nitrogen and oxygen atoms in total. The molecule has 3 N–H and O–H groups in total. The van der Waals surface area contributed by atoms with Gasteiger partial charge in [-0.15, -0.1) is 0 Å². The van der Waals surface area contributed by atoms with Crippen LogP contribution in [0.4, 0.5) is 0 Å². The smallest absolute Gasteiger partial charge is 0.270 e. The first-order valence-electron chi connectivity index (χ1n) is 7.32. The molecule has 4 heteroatoms. The molecule has 1 heterocycles. The number of hydrogen-bond acceptors (Lipinski definition) is 3. The van der Waals surface area contributed by atoms with Crippen LogP contribution < -0.4 is 11.1 Å². The number of nitrogens with one attached hydrogen (secondary N) is 1. The summed E-state index contributed by atoms with van der Waals surface area (Å²) in [7, 11) is 0. The third-order valence-electron chi connectivity index (χ3n) is 3.94. The van der Waals surface area contributed by atoms with Crippen molar-refractivity contribution in [2.75, 3.05) is 0 Å². The van der Waals surface area contributed by atoms with Gasteiger partial charge in [-0.25, -0.2) is 4.98 Å². The van der Waals surface area contributed by atoms with E-state index in [2.05, 4.69) is 10.3 Å². The van der Waals surface area contributed by atoms with Gasteiger partial charge in [-0.2, -0.15) is 0 Å². The predicted molar refractivity (Wildman–Crippen MR) is 81.8 cm³/mol. The molecule has 0 fully saturated rings. The highest BCUT2D eigenvalue weighted by atomic mass is 16.1. The number of aromatic nitrogens is 1. The Morgan fingerprint density at radius 1 is 1.14 bits per heavy atom. The number of nitrogens with zero attached hydrogens (tertiary/aromatic N) is 1. The Morgan fingerprint density at radius 3 is 2.76 bits per heavy atom. The van der Waals surface area contributed by atoms with E-state index in [9.17, 15) is 4.79 Å². The molecule has 0 bridgehead atoms. The van der Waals surface area contributed by atoms with Crippen molar-refractivity contribution in [3.8, 4) is 0 Å². The van der Waals surface area contributed by atoms with Crippen molar-refractivity contribution in [1.29, 1.82) is 0 Å². The Balaban J connectivity index is 1.69. The highest BCUT2D eigenvalue weighted by Crippen LogP contribution is 2.19. The number of nitrogens with two attached hydrogens (primary N) is 1. The molecule has 0 atom stereocenters. The molecule has 1 amide bonds. The van der Waals surface area contributed by atoms with Crippen molar-refractivity contribution in [2.24, 2.45) is 5.73 Å². The first kappa shape index (κ1) is 13.8. The van der Waals surface area contributed by atoms with Crippen molar-refractivity contribution in [2.45, 2.75) is 32.4 Å². The summed E-state index contributed by atoms with van der Waals surface area (Å²) in [5.74, 6) is -0.128. The van der Waals surface area contributed by atoms with E-state index in [1.807, 2.05) is 36.4 Å². The monoisotopic (exact) mass is 281 g/mol. The van der Waals surface area contributed by atoms with Gasteiger partial charge in [-0.1, -0.05) is 30.3 Å². The van der Waals surface area contributed by atoms with Crippen LogP contribution in [0.25, 0.3) is 0 Å². The summed E-state index contributed by atoms with van der Waals surface area (Å²) in [5.41, 5.74) is 10.7. The molecule has 21 heavy (non-hydrogen) atoms. The highest BCUT2D eigenvalue weighted by molar-refractivity contribution is 5.92. The Morgan fingerprint density at radius 2 is 1.95 bits per heavy atom. The normalized spacial score (nSPS) is 13.0. The van der Waals surface area contributed by atoms with Crippen molar-refractivity contribution < 1.29 is 4.79 Å². The lowest BCUT2D eigenvalue weighted by Crippen LogP contribution is -2.25. The number of benzene rings is 1. The van der Waals surface area contributed by atoms with Crippen LogP contribution in [0.5, 0.6) is 0 Å². The van der Waals surface area contributed by atoms with Crippen LogP contribution in [0.1, 0.15) is 39.3 Å². The second-order valence-corrected chi connectivity index (χ2v) is 5.31. The lowest BCUT2D eigenvalue weighted by molar-refractivity contribution is 0.0945. The summed E-state index contributed by atoms with van der Waals surface area (Å²) in [6.07, 6.45) is 3.19. The molecule has 108 valence electrons. The van der Waals surface area contributed by atoms with Crippen molar-refractivity contribution in [3.63, 3.8) is 0 Å². The zero-order valence-electron chi connectivity index (χ0n) is 11.9. The van der Waals surface area contributed by atoms with Crippen LogP contribution >= 0.6 is 0 Å². The number of fused-ring (bicyclic) bond motifs is 1. The number of aryl methyl sites for hydroxylation is 2. The maximum absolute atomic E-state index is 12.2. The Bertz CT molecular complexity index is 667. The van der Waals surface area contributed by atoms with E-state index in [0.29, 0.717) is 18.8 Å². The largest absolute Gasteiger partial charge is 0.347 e. The number of carbonyl (C=O) groups is 1. The molecule has 1 aromatic carbocycles. The molecular formula is C17H19N3O. The van der Waals surface area contributed by atoms with E-state index >= 15 is 0 Å². The van der Waals surface area contributed by atoms with Gasteiger partial charge < -0.3 is 11.1 Å². The summed E-state index contributed by atoms with van der Waals surface area (Å²) in [6, 6.07) is 11.7. The van der Waals surface area contributed by atoms with Crippen LogP contribution in [0, 0.1) is 0 Å². The van der Waals surface area contributed by atoms with Crippen LogP contribution in [-0.4, -0.2) is 10.9 Å². The summed E-state index contributed by atoms with van der Waals surface area (Å²) in [4.78, 5) is 16.7. The van der Waals surface area contributed by atoms with E-state index in [1.165, 1.54) is 5.56 Å². The van der Waals surface area contributed by atoms with E-state index in [0.717, 1.165) is 36.1 Å². The molecule has 0 saturated heterocycles. The van der Waals surface area contributed by atoms with Gasteiger partial charge in [0.2, 0.25) is 0 Å². The topological polar surface area (TPSA) is 68.0 Å². The fourth-order valence-corrected chi connectivity index (χ4v) is 2.74. The molecular weight excluding hydrogens is 262 g/mol. The van der Waals surface area contributed by atoms with Crippen LogP contribution in [0.3, 0.4) is 0 Å². The molecule has 1 aromatic heterocycles. The molecule has 2 aromatic rings. The Labute approximate surface area is 124 Å². The highest BCUT2D eigenvalue weighted by Gasteiger charge is 2.15. The molecule has 0 saturated carbocycles. The number of rotatable bonds is 4. The van der Waals surface area contributed by atoms with Gasteiger partial charge in [-0.3, -0.25) is 4.79 Å². The minimum absolute atomic E-state index is 0.128. The van der Waals surface area contributed by atoms with Crippen LogP contribution in [-0.2, 0) is 25.9 Å². The summed E-state index contributed by atoms with van der Waals surface area (Å²) in [5, 5.41) is 2.92. The minimum atomic E-state index is -0.128. The molecule has 1 aliphatic carbocycles. The molecule has 0 aliphatic heterocycles.